The number of rotatable bonds is 21. The standard InChI is InChI=1S/C64H84F3N3O14Si2/c1-16-85(17-2,18-3)83-47-33-48-62(35-78-48,82-41(12)72)53-56(81-58(75)45-27-23-20-24-28-45)63(77)34-46(39(10)49(60(63,13)14)51(79-40(11)71)55(73)61(47,53)15)80-59(76)52(84-86(36(4)5,37(6)7)38(8)9)50(42-25-21-19-22-26-42)69-57(74)44-31-29-43(30-32-44)54(70-68)64(65,66)67/h19-32,36-38,46-48,50-53,56,77H,16-18,33-35H2,1-15H3,(H,69,74)/t46-,47-,48+,50-,51+,52+,53-,56-,61+,62-,63+/m0/s1. The van der Waals surface area contributed by atoms with Gasteiger partial charge in [0.1, 0.15) is 23.9 Å². The molecule has 1 aliphatic heterocycles. The largest absolute Gasteiger partial charge is 0.495 e. The molecule has 3 fully saturated rings. The second-order valence-corrected chi connectivity index (χ2v) is 35.4. The molecule has 3 aromatic rings. The zero-order valence-corrected chi connectivity index (χ0v) is 54.0. The molecule has 0 unspecified atom stereocenters. The highest BCUT2D eigenvalue weighted by Crippen LogP contribution is 2.65. The van der Waals surface area contributed by atoms with E-state index in [2.05, 4.69) is 10.1 Å². The van der Waals surface area contributed by atoms with Crippen molar-refractivity contribution in [3.63, 3.8) is 0 Å². The molecule has 86 heavy (non-hydrogen) atoms. The number of halogens is 3. The summed E-state index contributed by atoms with van der Waals surface area (Å²) in [5.41, 5.74) is -0.611. The van der Waals surface area contributed by atoms with Crippen LogP contribution in [0.15, 0.2) is 96.1 Å². The van der Waals surface area contributed by atoms with Gasteiger partial charge in [-0.15, -0.1) is 0 Å². The van der Waals surface area contributed by atoms with Crippen LogP contribution >= 0.6 is 0 Å². The quantitative estimate of drug-likeness (QED) is 0.0192. The highest BCUT2D eigenvalue weighted by Gasteiger charge is 2.79. The lowest BCUT2D eigenvalue weighted by Crippen LogP contribution is -2.82. The Morgan fingerprint density at radius 1 is 0.791 bits per heavy atom. The van der Waals surface area contributed by atoms with Crippen LogP contribution in [0.1, 0.15) is 155 Å². The number of nitrogens with one attached hydrogen (secondary N) is 1. The molecule has 1 amide bonds. The number of alkyl halides is 3. The van der Waals surface area contributed by atoms with Crippen molar-refractivity contribution in [2.24, 2.45) is 16.7 Å². The Bertz CT molecular complexity index is 3080. The number of aliphatic hydroxyl groups is 1. The number of benzene rings is 3. The van der Waals surface area contributed by atoms with E-state index in [1.165, 1.54) is 19.1 Å². The molecule has 0 radical (unpaired) electrons. The number of carbonyl (C=O) groups is 6. The molecule has 0 spiro atoms. The maximum atomic E-state index is 16.7. The lowest BCUT2D eigenvalue weighted by Gasteiger charge is -2.68. The third kappa shape index (κ3) is 12.0. The summed E-state index contributed by atoms with van der Waals surface area (Å²) in [5, 5.41) is 17.5. The molecule has 2 saturated carbocycles. The van der Waals surface area contributed by atoms with Gasteiger partial charge in [0.05, 0.1) is 41.2 Å². The number of amides is 1. The van der Waals surface area contributed by atoms with Gasteiger partial charge in [-0.1, -0.05) is 125 Å². The molecule has 0 aromatic heterocycles. The molecular weight excluding hydrogens is 1150 g/mol. The van der Waals surface area contributed by atoms with Crippen LogP contribution in [-0.4, -0.2) is 128 Å². The molecule has 1 heterocycles. The van der Waals surface area contributed by atoms with Gasteiger partial charge < -0.3 is 48.5 Å². The summed E-state index contributed by atoms with van der Waals surface area (Å²) in [5.74, 6) is -6.61. The molecule has 468 valence electrons. The fraction of sp³-hybridized carbons (Fsp3) is 0.578. The van der Waals surface area contributed by atoms with Gasteiger partial charge in [0.2, 0.25) is 8.32 Å². The summed E-state index contributed by atoms with van der Waals surface area (Å²) in [6.07, 6.45) is -14.4. The number of hydrogen-bond donors (Lipinski definition) is 2. The minimum absolute atomic E-state index is 0.0320. The Morgan fingerprint density at radius 2 is 1.34 bits per heavy atom. The highest BCUT2D eigenvalue weighted by atomic mass is 28.4. The monoisotopic (exact) mass is 1230 g/mol. The molecule has 3 aliphatic carbocycles. The second kappa shape index (κ2) is 25.5. The van der Waals surface area contributed by atoms with Gasteiger partial charge >= 0.3 is 35.8 Å². The molecule has 17 nitrogen and oxygen atoms in total. The van der Waals surface area contributed by atoms with Crippen LogP contribution in [0.3, 0.4) is 0 Å². The molecule has 7 rings (SSSR count). The maximum Gasteiger partial charge on any atom is 0.495 e. The van der Waals surface area contributed by atoms with E-state index in [0.29, 0.717) is 23.7 Å². The van der Waals surface area contributed by atoms with E-state index < -0.39 is 147 Å². The van der Waals surface area contributed by atoms with Gasteiger partial charge in [-0.3, -0.25) is 19.2 Å². The third-order valence-corrected chi connectivity index (χ3v) is 30.3. The fourth-order valence-electron chi connectivity index (χ4n) is 14.8. The average Bonchev–Trinajstić information content (AvgIpc) is 0.712. The van der Waals surface area contributed by atoms with Crippen molar-refractivity contribution in [3.05, 3.63) is 124 Å². The number of nitrogens with zero attached hydrogens (tertiary/aromatic N) is 2. The number of carbonyl (C=O) groups excluding carboxylic acids is 6. The summed E-state index contributed by atoms with van der Waals surface area (Å²) < 4.78 is 88.9. The summed E-state index contributed by atoms with van der Waals surface area (Å²) in [4.78, 5) is 92.4. The van der Waals surface area contributed by atoms with Crippen LogP contribution in [0, 0.1) is 16.7 Å². The Balaban J connectivity index is 1.49. The molecular formula is C64H84F3N3O14Si2. The first-order valence-corrected chi connectivity index (χ1v) is 34.4. The van der Waals surface area contributed by atoms with Gasteiger partial charge in [0, 0.05) is 37.7 Å². The lowest BCUT2D eigenvalue weighted by atomic mass is 9.44. The van der Waals surface area contributed by atoms with Gasteiger partial charge in [0.25, 0.3) is 5.91 Å². The molecule has 2 bridgehead atoms. The summed E-state index contributed by atoms with van der Waals surface area (Å²) in [6, 6.07) is 21.2. The second-order valence-electron chi connectivity index (χ2n) is 25.3. The first-order valence-electron chi connectivity index (χ1n) is 29.7. The summed E-state index contributed by atoms with van der Waals surface area (Å²) >= 11 is 0. The fourth-order valence-corrected chi connectivity index (χ4v) is 23.3. The third-order valence-electron chi connectivity index (χ3n) is 19.5. The molecule has 1 saturated heterocycles. The van der Waals surface area contributed by atoms with Gasteiger partial charge in [-0.2, -0.15) is 18.0 Å². The molecule has 3 aromatic carbocycles. The van der Waals surface area contributed by atoms with Crippen LogP contribution in [0.4, 0.5) is 13.2 Å². The smallest absolute Gasteiger partial charge is 0.456 e. The van der Waals surface area contributed by atoms with E-state index in [4.69, 9.17) is 32.5 Å². The van der Waals surface area contributed by atoms with Crippen molar-refractivity contribution in [1.29, 1.82) is 0 Å². The number of ether oxygens (including phenoxy) is 5. The SMILES string of the molecule is CC[Si](CC)(CC)O[C@H]1C[C@H]2OC[C@@]2(OC(C)=O)[C@H]2[C@H](OC(=O)c3ccccc3)[C@]3(O)C[C@H](OC(=O)[C@H](O[Si](C(C)C)(C(C)C)C(C)C)[C@@H](NC(=O)c4ccc(C(=[N+]=[N-])C(F)(F)F)cc4)c4ccccc4)C(C)=C([C@@H](OC(C)=O)C(=O)[C@]12C)C3(C)C. The number of ketones is 1. The van der Waals surface area contributed by atoms with Crippen LogP contribution < -0.4 is 5.32 Å². The van der Waals surface area contributed by atoms with Crippen LogP contribution in [0.25, 0.3) is 5.53 Å². The summed E-state index contributed by atoms with van der Waals surface area (Å²) in [7, 11) is -5.97. The zero-order valence-electron chi connectivity index (χ0n) is 52.0. The van der Waals surface area contributed by atoms with Crippen molar-refractivity contribution >= 4 is 57.9 Å². The first-order chi connectivity index (χ1) is 40.2. The van der Waals surface area contributed by atoms with Crippen molar-refractivity contribution in [3.8, 4) is 0 Å². The molecule has 11 atom stereocenters. The van der Waals surface area contributed by atoms with E-state index in [9.17, 15) is 38.2 Å². The summed E-state index contributed by atoms with van der Waals surface area (Å²) in [6.45, 7) is 26.6. The van der Waals surface area contributed by atoms with E-state index in [1.54, 1.807) is 76.2 Å². The van der Waals surface area contributed by atoms with Crippen molar-refractivity contribution < 1.29 is 84.4 Å². The van der Waals surface area contributed by atoms with Crippen molar-refractivity contribution in [2.75, 3.05) is 6.61 Å². The topological polar surface area (TPSA) is 236 Å². The predicted molar refractivity (Wildman–Crippen MR) is 317 cm³/mol. The van der Waals surface area contributed by atoms with E-state index >= 15 is 14.4 Å². The molecule has 4 aliphatic rings. The Kier molecular flexibility index (Phi) is 20.0. The number of esters is 4. The lowest BCUT2D eigenvalue weighted by molar-refractivity contribution is -0.344. The van der Waals surface area contributed by atoms with Crippen molar-refractivity contribution in [1.82, 2.24) is 5.32 Å². The zero-order chi connectivity index (χ0) is 63.9. The number of hydrogen-bond acceptors (Lipinski definition) is 14. The highest BCUT2D eigenvalue weighted by molar-refractivity contribution is 6.77. The Labute approximate surface area is 504 Å². The minimum Gasteiger partial charge on any atom is -0.456 e. The van der Waals surface area contributed by atoms with Gasteiger partial charge in [-0.25, -0.2) is 9.59 Å². The van der Waals surface area contributed by atoms with Crippen LogP contribution in [0.2, 0.25) is 34.8 Å². The normalized spacial score (nSPS) is 27.0. The molecule has 2 N–H and O–H groups in total. The Morgan fingerprint density at radius 3 is 1.81 bits per heavy atom. The number of fused-ring (bicyclic) bond motifs is 5. The van der Waals surface area contributed by atoms with E-state index in [-0.39, 0.29) is 51.9 Å². The van der Waals surface area contributed by atoms with Crippen molar-refractivity contribution in [2.45, 2.75) is 211 Å². The van der Waals surface area contributed by atoms with E-state index in [1.807, 2.05) is 62.3 Å². The van der Waals surface area contributed by atoms with E-state index in [0.717, 1.165) is 31.2 Å². The average molecular weight is 1230 g/mol. The Hall–Kier alpha value is -6.14. The van der Waals surface area contributed by atoms with Crippen LogP contribution in [-0.2, 0) is 51.7 Å². The number of Topliss-reactive ketones (excluding diaryl/α,β-unsaturated/α-hetero) is 1. The minimum atomic E-state index is -5.03. The predicted octanol–water partition coefficient (Wildman–Crippen LogP) is 11.5. The van der Waals surface area contributed by atoms with Crippen LogP contribution in [0.5, 0.6) is 0 Å². The van der Waals surface area contributed by atoms with Gasteiger partial charge in [-0.05, 0) is 102 Å². The van der Waals surface area contributed by atoms with Gasteiger partial charge in [0.15, 0.2) is 31.9 Å². The first kappa shape index (κ1) is 67.4. The molecule has 22 heteroatoms. The maximum absolute atomic E-state index is 16.7.